The van der Waals surface area contributed by atoms with Gasteiger partial charge in [0.05, 0.1) is 10.6 Å². The topological polar surface area (TPSA) is 82.5 Å². The number of phenols is 1. The van der Waals surface area contributed by atoms with Crippen LogP contribution in [0, 0.1) is 0 Å². The number of hydrogen-bond acceptors (Lipinski definition) is 5. The second kappa shape index (κ2) is 11.5. The number of aromatic nitrogens is 1. The van der Waals surface area contributed by atoms with Gasteiger partial charge in [0.15, 0.2) is 0 Å². The zero-order valence-corrected chi connectivity index (χ0v) is 22.1. The average Bonchev–Trinajstić information content (AvgIpc) is 3.47. The van der Waals surface area contributed by atoms with Crippen molar-refractivity contribution in [2.24, 2.45) is 0 Å². The molecule has 6 nitrogen and oxygen atoms in total. The van der Waals surface area contributed by atoms with E-state index in [9.17, 15) is 27.9 Å². The zero-order valence-electron chi connectivity index (χ0n) is 21.3. The minimum atomic E-state index is -4.42. The van der Waals surface area contributed by atoms with Gasteiger partial charge in [-0.1, -0.05) is 42.5 Å². The van der Waals surface area contributed by atoms with E-state index in [-0.39, 0.29) is 23.5 Å². The predicted octanol–water partition coefficient (Wildman–Crippen LogP) is 6.48. The molecule has 0 bridgehead atoms. The number of rotatable bonds is 6. The Hall–Kier alpha value is -4.18. The third kappa shape index (κ3) is 6.17. The van der Waals surface area contributed by atoms with E-state index in [4.69, 9.17) is 0 Å². The third-order valence-corrected chi connectivity index (χ3v) is 7.96. The fourth-order valence-electron chi connectivity index (χ4n) is 4.73. The van der Waals surface area contributed by atoms with E-state index in [1.165, 1.54) is 23.5 Å². The van der Waals surface area contributed by atoms with E-state index in [1.807, 2.05) is 0 Å². The van der Waals surface area contributed by atoms with Crippen molar-refractivity contribution in [2.45, 2.75) is 31.5 Å². The molecule has 1 aliphatic heterocycles. The first-order chi connectivity index (χ1) is 19.2. The lowest BCUT2D eigenvalue weighted by Crippen LogP contribution is -2.38. The summed E-state index contributed by atoms with van der Waals surface area (Å²) in [4.78, 5) is 32.3. The summed E-state index contributed by atoms with van der Waals surface area (Å²) in [5.74, 6) is -0.154. The van der Waals surface area contributed by atoms with E-state index in [1.54, 1.807) is 58.8 Å². The molecule has 5 rings (SSSR count). The first-order valence-electron chi connectivity index (χ1n) is 12.8. The number of hydrogen-bond donors (Lipinski definition) is 2. The number of aromatic hydroxyl groups is 1. The van der Waals surface area contributed by atoms with Crippen LogP contribution in [0.2, 0.25) is 0 Å². The molecule has 0 saturated carbocycles. The number of piperidine rings is 1. The van der Waals surface area contributed by atoms with Crippen molar-refractivity contribution in [3.63, 3.8) is 0 Å². The molecule has 2 heterocycles. The number of amides is 2. The summed E-state index contributed by atoms with van der Waals surface area (Å²) in [5.41, 5.74) is 2.06. The summed E-state index contributed by atoms with van der Waals surface area (Å²) in [6, 6.07) is 18.4. The fourth-order valence-corrected chi connectivity index (χ4v) is 5.70. The molecule has 10 heteroatoms. The molecule has 3 aromatic carbocycles. The smallest absolute Gasteiger partial charge is 0.416 e. The van der Waals surface area contributed by atoms with E-state index >= 15 is 0 Å². The van der Waals surface area contributed by atoms with Crippen LogP contribution in [0.5, 0.6) is 5.75 Å². The Morgan fingerprint density at radius 3 is 2.33 bits per heavy atom. The number of carbonyl (C=O) groups excluding carboxylic acids is 2. The van der Waals surface area contributed by atoms with Crippen LogP contribution in [0.15, 0.2) is 78.2 Å². The van der Waals surface area contributed by atoms with Gasteiger partial charge in [-0.25, -0.2) is 4.98 Å². The van der Waals surface area contributed by atoms with Crippen LogP contribution in [0.4, 0.5) is 13.2 Å². The maximum Gasteiger partial charge on any atom is 0.416 e. The first kappa shape index (κ1) is 27.4. The Kier molecular flexibility index (Phi) is 7.88. The summed E-state index contributed by atoms with van der Waals surface area (Å²) in [6.45, 7) is 1.33. The van der Waals surface area contributed by atoms with Gasteiger partial charge in [-0.2, -0.15) is 13.2 Å². The number of likely N-dealkylation sites (tertiary alicyclic amines) is 1. The second-order valence-corrected chi connectivity index (χ2v) is 10.5. The van der Waals surface area contributed by atoms with Gasteiger partial charge in [0.25, 0.3) is 11.8 Å². The van der Waals surface area contributed by atoms with Gasteiger partial charge in [-0.15, -0.1) is 11.3 Å². The summed E-state index contributed by atoms with van der Waals surface area (Å²) < 4.78 is 39.0. The minimum absolute atomic E-state index is 0.123. The van der Waals surface area contributed by atoms with Crippen molar-refractivity contribution in [1.29, 1.82) is 0 Å². The van der Waals surface area contributed by atoms with Crippen molar-refractivity contribution in [3.8, 4) is 16.9 Å². The van der Waals surface area contributed by atoms with Crippen LogP contribution in [0.1, 0.15) is 55.7 Å². The molecule has 0 radical (unpaired) electrons. The van der Waals surface area contributed by atoms with Crippen LogP contribution in [-0.4, -0.2) is 39.9 Å². The molecule has 0 unspecified atom stereocenters. The van der Waals surface area contributed by atoms with Gasteiger partial charge in [0, 0.05) is 36.5 Å². The Morgan fingerprint density at radius 2 is 1.65 bits per heavy atom. The van der Waals surface area contributed by atoms with Gasteiger partial charge in [-0.3, -0.25) is 9.59 Å². The van der Waals surface area contributed by atoms with Crippen molar-refractivity contribution in [3.05, 3.63) is 106 Å². The van der Waals surface area contributed by atoms with Crippen molar-refractivity contribution < 1.29 is 27.9 Å². The maximum absolute atomic E-state index is 13.4. The van der Waals surface area contributed by atoms with Gasteiger partial charge < -0.3 is 15.3 Å². The summed E-state index contributed by atoms with van der Waals surface area (Å²) in [6.07, 6.45) is -3.04. The molecule has 1 aromatic heterocycles. The molecule has 0 spiro atoms. The number of nitrogens with one attached hydrogen (secondary N) is 1. The highest BCUT2D eigenvalue weighted by molar-refractivity contribution is 7.09. The van der Waals surface area contributed by atoms with Crippen molar-refractivity contribution >= 4 is 23.2 Å². The summed E-state index contributed by atoms with van der Waals surface area (Å²) in [5, 5.41) is 14.8. The molecule has 2 N–H and O–H groups in total. The number of carbonyl (C=O) groups is 2. The SMILES string of the molecule is O=C(NCc1ccc(O)cc1)c1csc(C2CCN(C(=O)c3ccccc3-c3ccc(C(F)(F)F)cc3)CC2)n1. The molecular formula is C30H26F3N3O3S. The molecule has 0 aliphatic carbocycles. The first-order valence-corrected chi connectivity index (χ1v) is 13.6. The molecule has 206 valence electrons. The van der Waals surface area contributed by atoms with Gasteiger partial charge >= 0.3 is 6.18 Å². The second-order valence-electron chi connectivity index (χ2n) is 9.61. The molecule has 1 fully saturated rings. The van der Waals surface area contributed by atoms with Gasteiger partial charge in [-0.05, 0) is 59.9 Å². The average molecular weight is 566 g/mol. The monoisotopic (exact) mass is 565 g/mol. The standard InChI is InChI=1S/C30H26F3N3O3S/c31-30(32,33)22-9-7-20(8-10-22)24-3-1-2-4-25(24)29(39)36-15-13-21(14-16-36)28-35-26(18-40-28)27(38)34-17-19-5-11-23(37)12-6-19/h1-12,18,21,37H,13-17H2,(H,34,38). The van der Waals surface area contributed by atoms with Crippen LogP contribution < -0.4 is 5.32 Å². The third-order valence-electron chi connectivity index (χ3n) is 6.96. The van der Waals surface area contributed by atoms with Crippen molar-refractivity contribution in [1.82, 2.24) is 15.2 Å². The Balaban J connectivity index is 1.20. The minimum Gasteiger partial charge on any atom is -0.508 e. The van der Waals surface area contributed by atoms with Crippen LogP contribution in [0.25, 0.3) is 11.1 Å². The van der Waals surface area contributed by atoms with E-state index in [2.05, 4.69) is 10.3 Å². The highest BCUT2D eigenvalue weighted by Gasteiger charge is 2.31. The normalized spacial score (nSPS) is 14.2. The Labute approximate surface area is 233 Å². The van der Waals surface area contributed by atoms with E-state index in [0.29, 0.717) is 54.9 Å². The number of phenolic OH excluding ortho intramolecular Hbond substituents is 1. The lowest BCUT2D eigenvalue weighted by atomic mass is 9.94. The van der Waals surface area contributed by atoms with Crippen LogP contribution >= 0.6 is 11.3 Å². The van der Waals surface area contributed by atoms with Crippen molar-refractivity contribution in [2.75, 3.05) is 13.1 Å². The Bertz CT molecular complexity index is 1490. The number of nitrogens with zero attached hydrogens (tertiary/aromatic N) is 2. The van der Waals surface area contributed by atoms with Crippen LogP contribution in [0.3, 0.4) is 0 Å². The highest BCUT2D eigenvalue weighted by Crippen LogP contribution is 2.34. The van der Waals surface area contributed by atoms with Crippen LogP contribution in [-0.2, 0) is 12.7 Å². The number of benzene rings is 3. The molecule has 2 amide bonds. The molecule has 4 aromatic rings. The van der Waals surface area contributed by atoms with Gasteiger partial charge in [0.1, 0.15) is 11.4 Å². The maximum atomic E-state index is 13.4. The number of halogens is 3. The molecule has 1 saturated heterocycles. The fraction of sp³-hybridized carbons (Fsp3) is 0.233. The molecule has 0 atom stereocenters. The Morgan fingerprint density at radius 1 is 0.975 bits per heavy atom. The summed E-state index contributed by atoms with van der Waals surface area (Å²) in [7, 11) is 0. The summed E-state index contributed by atoms with van der Waals surface area (Å²) >= 11 is 1.43. The van der Waals surface area contributed by atoms with E-state index < -0.39 is 11.7 Å². The van der Waals surface area contributed by atoms with Gasteiger partial charge in [0.2, 0.25) is 0 Å². The quantitative estimate of drug-likeness (QED) is 0.280. The highest BCUT2D eigenvalue weighted by atomic mass is 32.1. The zero-order chi connectivity index (χ0) is 28.3. The number of thiazole rings is 1. The largest absolute Gasteiger partial charge is 0.508 e. The number of alkyl halides is 3. The lowest BCUT2D eigenvalue weighted by Gasteiger charge is -2.31. The molecular weight excluding hydrogens is 539 g/mol. The molecule has 1 aliphatic rings. The molecule has 40 heavy (non-hydrogen) atoms. The lowest BCUT2D eigenvalue weighted by molar-refractivity contribution is -0.137. The predicted molar refractivity (Wildman–Crippen MR) is 146 cm³/mol. The van der Waals surface area contributed by atoms with E-state index in [0.717, 1.165) is 22.7 Å².